The summed E-state index contributed by atoms with van der Waals surface area (Å²) in [6, 6.07) is 33.0. The van der Waals surface area contributed by atoms with E-state index in [2.05, 4.69) is 36.0 Å². The number of phenolic OH excluding ortho intramolecular Hbond substituents is 2. The summed E-state index contributed by atoms with van der Waals surface area (Å²) < 4.78 is 0. The van der Waals surface area contributed by atoms with Gasteiger partial charge in [0, 0.05) is 22.5 Å². The molecular weight excluding hydrogens is 492 g/mol. The van der Waals surface area contributed by atoms with E-state index in [1.165, 1.54) is 12.4 Å². The number of benzene rings is 4. The Bertz CT molecular complexity index is 1480. The molecule has 0 unspecified atom stereocenters. The van der Waals surface area contributed by atoms with Crippen LogP contribution in [0.5, 0.6) is 11.5 Å². The van der Waals surface area contributed by atoms with E-state index in [0.29, 0.717) is 17.1 Å². The van der Waals surface area contributed by atoms with Crippen molar-refractivity contribution in [3.8, 4) is 11.5 Å². The lowest BCUT2D eigenvalue weighted by Gasteiger charge is -2.23. The lowest BCUT2D eigenvalue weighted by atomic mass is 10.2. The van der Waals surface area contributed by atoms with Gasteiger partial charge in [0.2, 0.25) is 17.8 Å². The van der Waals surface area contributed by atoms with E-state index >= 15 is 0 Å². The van der Waals surface area contributed by atoms with Gasteiger partial charge in [0.1, 0.15) is 11.5 Å². The molecule has 10 heteroatoms. The van der Waals surface area contributed by atoms with E-state index in [0.717, 1.165) is 11.4 Å². The van der Waals surface area contributed by atoms with Crippen LogP contribution in [-0.4, -0.2) is 37.6 Å². The van der Waals surface area contributed by atoms with E-state index in [-0.39, 0.29) is 23.4 Å². The first-order chi connectivity index (χ1) is 19.2. The molecular formula is C29H24N8O2. The van der Waals surface area contributed by atoms with Crippen LogP contribution < -0.4 is 15.8 Å². The lowest BCUT2D eigenvalue weighted by Crippen LogP contribution is -2.16. The maximum Gasteiger partial charge on any atom is 0.250 e. The van der Waals surface area contributed by atoms with Crippen LogP contribution in [0.2, 0.25) is 0 Å². The van der Waals surface area contributed by atoms with Crippen LogP contribution >= 0.6 is 0 Å². The Morgan fingerprint density at radius 2 is 0.949 bits per heavy atom. The van der Waals surface area contributed by atoms with Gasteiger partial charge in [-0.15, -0.1) is 0 Å². The highest BCUT2D eigenvalue weighted by molar-refractivity contribution is 5.84. The largest absolute Gasteiger partial charge is 0.507 e. The molecule has 0 spiro atoms. The molecule has 0 amide bonds. The van der Waals surface area contributed by atoms with E-state index in [1.807, 2.05) is 65.6 Å². The van der Waals surface area contributed by atoms with E-state index < -0.39 is 0 Å². The summed E-state index contributed by atoms with van der Waals surface area (Å²) in [5.74, 6) is 0.787. The van der Waals surface area contributed by atoms with Crippen LogP contribution in [0, 0.1) is 0 Å². The first-order valence-corrected chi connectivity index (χ1v) is 12.0. The van der Waals surface area contributed by atoms with Crippen molar-refractivity contribution < 1.29 is 10.2 Å². The predicted octanol–water partition coefficient (Wildman–Crippen LogP) is 5.64. The maximum absolute atomic E-state index is 10.0. The van der Waals surface area contributed by atoms with Crippen molar-refractivity contribution in [1.82, 2.24) is 15.0 Å². The molecule has 4 aromatic carbocycles. The number of nitrogens with zero attached hydrogens (tertiary/aromatic N) is 6. The smallest absolute Gasteiger partial charge is 0.250 e. The second kappa shape index (κ2) is 12.0. The van der Waals surface area contributed by atoms with Crippen molar-refractivity contribution in [3.05, 3.63) is 120 Å². The summed E-state index contributed by atoms with van der Waals surface area (Å²) >= 11 is 0. The number of aromatic hydroxyl groups is 2. The van der Waals surface area contributed by atoms with Crippen LogP contribution in [-0.2, 0) is 0 Å². The molecule has 0 atom stereocenters. The highest BCUT2D eigenvalue weighted by Crippen LogP contribution is 2.32. The van der Waals surface area contributed by atoms with Crippen molar-refractivity contribution in [1.29, 1.82) is 0 Å². The molecule has 0 aliphatic carbocycles. The number of aromatic nitrogens is 3. The third kappa shape index (κ3) is 6.33. The van der Waals surface area contributed by atoms with Crippen molar-refractivity contribution >= 4 is 41.6 Å². The lowest BCUT2D eigenvalue weighted by molar-refractivity contribution is 0.474. The number of phenols is 2. The van der Waals surface area contributed by atoms with Crippen molar-refractivity contribution in [3.63, 3.8) is 0 Å². The summed E-state index contributed by atoms with van der Waals surface area (Å²) in [4.78, 5) is 15.5. The fraction of sp³-hybridized carbons (Fsp3) is 0. The van der Waals surface area contributed by atoms with Gasteiger partial charge in [0.15, 0.2) is 0 Å². The van der Waals surface area contributed by atoms with Crippen LogP contribution in [0.15, 0.2) is 119 Å². The summed E-state index contributed by atoms with van der Waals surface area (Å²) in [7, 11) is 0. The minimum Gasteiger partial charge on any atom is -0.507 e. The normalized spacial score (nSPS) is 11.1. The zero-order valence-electron chi connectivity index (χ0n) is 20.6. The zero-order chi connectivity index (χ0) is 26.9. The molecule has 10 nitrogen and oxygen atoms in total. The number of anilines is 5. The molecule has 0 radical (unpaired) electrons. The Balaban J connectivity index is 1.51. The van der Waals surface area contributed by atoms with E-state index in [4.69, 9.17) is 0 Å². The monoisotopic (exact) mass is 516 g/mol. The van der Waals surface area contributed by atoms with Gasteiger partial charge in [-0.1, -0.05) is 60.7 Å². The third-order valence-electron chi connectivity index (χ3n) is 5.46. The number of nitrogens with one attached hydrogen (secondary N) is 2. The minimum absolute atomic E-state index is 0.0968. The Morgan fingerprint density at radius 3 is 1.38 bits per heavy atom. The zero-order valence-corrected chi connectivity index (χ0v) is 20.6. The molecule has 0 aliphatic rings. The predicted molar refractivity (Wildman–Crippen MR) is 153 cm³/mol. The van der Waals surface area contributed by atoms with Crippen molar-refractivity contribution in [2.75, 3.05) is 15.8 Å². The van der Waals surface area contributed by atoms with Gasteiger partial charge in [0.25, 0.3) is 0 Å². The fourth-order valence-corrected chi connectivity index (χ4v) is 3.61. The first-order valence-electron chi connectivity index (χ1n) is 12.0. The van der Waals surface area contributed by atoms with Gasteiger partial charge in [0.05, 0.1) is 12.4 Å². The van der Waals surface area contributed by atoms with Crippen molar-refractivity contribution in [2.24, 2.45) is 10.2 Å². The minimum atomic E-state index is 0.0968. The van der Waals surface area contributed by atoms with Gasteiger partial charge in [-0.25, -0.2) is 10.9 Å². The van der Waals surface area contributed by atoms with Gasteiger partial charge in [-0.2, -0.15) is 25.2 Å². The molecule has 4 N–H and O–H groups in total. The van der Waals surface area contributed by atoms with Gasteiger partial charge in [-0.05, 0) is 48.5 Å². The fourth-order valence-electron chi connectivity index (χ4n) is 3.61. The summed E-state index contributed by atoms with van der Waals surface area (Å²) in [5.41, 5.74) is 8.35. The SMILES string of the molecule is Oc1ccccc1/C=N/Nc1nc(N/N=C/c2ccccc2O)nc(N(c2ccccc2)c2ccccc2)n1. The number of hydrazone groups is 2. The van der Waals surface area contributed by atoms with Crippen LogP contribution in [0.3, 0.4) is 0 Å². The summed E-state index contributed by atoms with van der Waals surface area (Å²) in [5, 5.41) is 28.4. The molecule has 0 fully saturated rings. The molecule has 0 aliphatic heterocycles. The van der Waals surface area contributed by atoms with E-state index in [9.17, 15) is 10.2 Å². The molecule has 1 heterocycles. The Labute approximate surface area is 224 Å². The molecule has 1 aromatic heterocycles. The molecule has 0 saturated heterocycles. The second-order valence-electron chi connectivity index (χ2n) is 8.15. The van der Waals surface area contributed by atoms with Gasteiger partial charge < -0.3 is 10.2 Å². The summed E-state index contributed by atoms with van der Waals surface area (Å²) in [6.45, 7) is 0. The molecule has 192 valence electrons. The highest BCUT2D eigenvalue weighted by Gasteiger charge is 2.17. The Hall–Kier alpha value is -5.77. The number of rotatable bonds is 9. The topological polar surface area (TPSA) is 131 Å². The molecule has 0 saturated carbocycles. The average molecular weight is 517 g/mol. The average Bonchev–Trinajstić information content (AvgIpc) is 2.96. The van der Waals surface area contributed by atoms with E-state index in [1.54, 1.807) is 48.5 Å². The maximum atomic E-state index is 10.0. The van der Waals surface area contributed by atoms with Gasteiger partial charge in [-0.3, -0.25) is 4.90 Å². The summed E-state index contributed by atoms with van der Waals surface area (Å²) in [6.07, 6.45) is 2.93. The van der Waals surface area contributed by atoms with Crippen molar-refractivity contribution in [2.45, 2.75) is 0 Å². The van der Waals surface area contributed by atoms with Crippen LogP contribution in [0.1, 0.15) is 11.1 Å². The Morgan fingerprint density at radius 1 is 0.538 bits per heavy atom. The number of para-hydroxylation sites is 4. The number of hydrogen-bond donors (Lipinski definition) is 4. The quantitative estimate of drug-likeness (QED) is 0.146. The molecule has 5 rings (SSSR count). The van der Waals surface area contributed by atoms with Gasteiger partial charge >= 0.3 is 0 Å². The Kier molecular flexibility index (Phi) is 7.65. The standard InChI is InChI=1S/C29H24N8O2/c38-25-17-9-7-11-21(25)19-30-35-27-32-28(36-31-20-22-12-8-10-18-26(22)39)34-29(33-27)37(23-13-3-1-4-14-23)24-15-5-2-6-16-24/h1-20,38-39H,(H2,32,33,34,35,36)/b30-19+,31-20+. The first kappa shape index (κ1) is 24.9. The van der Waals surface area contributed by atoms with Crippen LogP contribution in [0.25, 0.3) is 0 Å². The molecule has 0 bridgehead atoms. The number of hydrogen-bond acceptors (Lipinski definition) is 10. The third-order valence-corrected chi connectivity index (χ3v) is 5.46. The highest BCUT2D eigenvalue weighted by atomic mass is 16.3. The van der Waals surface area contributed by atoms with Crippen LogP contribution in [0.4, 0.5) is 29.2 Å². The molecule has 39 heavy (non-hydrogen) atoms. The second-order valence-corrected chi connectivity index (χ2v) is 8.15. The molecule has 5 aromatic rings.